The molecule has 3 rings (SSSR count). The molecule has 2 aromatic carbocycles. The van der Waals surface area contributed by atoms with Crippen LogP contribution >= 0.6 is 0 Å². The standard InChI is InChI=1S/C19H18FN3O3/c1-13-10-14-4-2-3-5-17(14)23(13)11-18(24)21-22-19(25)12-26-16-8-6-15(20)7-9-16/h2-10H,11-12H2,1H3,(H,21,24)(H,22,25). The Bertz CT molecular complexity index is 935. The summed E-state index contributed by atoms with van der Waals surface area (Å²) in [4.78, 5) is 23.8. The van der Waals surface area contributed by atoms with Gasteiger partial charge in [0.2, 0.25) is 0 Å². The molecule has 7 heteroatoms. The van der Waals surface area contributed by atoms with E-state index in [0.29, 0.717) is 5.75 Å². The third-order valence-corrected chi connectivity index (χ3v) is 3.84. The van der Waals surface area contributed by atoms with Crippen LogP contribution in [0.3, 0.4) is 0 Å². The highest BCUT2D eigenvalue weighted by Gasteiger charge is 2.10. The Labute approximate surface area is 149 Å². The van der Waals surface area contributed by atoms with E-state index < -0.39 is 5.91 Å². The summed E-state index contributed by atoms with van der Waals surface area (Å²) in [6, 6.07) is 15.1. The number of para-hydroxylation sites is 1. The molecular formula is C19H18FN3O3. The van der Waals surface area contributed by atoms with E-state index in [0.717, 1.165) is 16.6 Å². The van der Waals surface area contributed by atoms with Gasteiger partial charge in [0.15, 0.2) is 6.61 Å². The number of fused-ring (bicyclic) bond motifs is 1. The van der Waals surface area contributed by atoms with Gasteiger partial charge in [-0.2, -0.15) is 0 Å². The fraction of sp³-hybridized carbons (Fsp3) is 0.158. The molecule has 0 fully saturated rings. The third kappa shape index (κ3) is 4.18. The molecule has 1 heterocycles. The Kier molecular flexibility index (Phi) is 5.17. The van der Waals surface area contributed by atoms with Crippen LogP contribution in [0.15, 0.2) is 54.6 Å². The zero-order chi connectivity index (χ0) is 18.5. The minimum absolute atomic E-state index is 0.0818. The lowest BCUT2D eigenvalue weighted by atomic mass is 10.2. The monoisotopic (exact) mass is 355 g/mol. The van der Waals surface area contributed by atoms with E-state index in [-0.39, 0.29) is 24.9 Å². The third-order valence-electron chi connectivity index (χ3n) is 3.84. The highest BCUT2D eigenvalue weighted by molar-refractivity contribution is 5.86. The van der Waals surface area contributed by atoms with E-state index in [4.69, 9.17) is 4.74 Å². The Morgan fingerprint density at radius 1 is 1.04 bits per heavy atom. The Balaban J connectivity index is 1.49. The van der Waals surface area contributed by atoms with Gasteiger partial charge in [0, 0.05) is 11.2 Å². The van der Waals surface area contributed by atoms with E-state index in [1.165, 1.54) is 24.3 Å². The molecule has 1 aromatic heterocycles. The molecule has 0 bridgehead atoms. The molecule has 26 heavy (non-hydrogen) atoms. The van der Waals surface area contributed by atoms with Crippen LogP contribution in [0.2, 0.25) is 0 Å². The maximum absolute atomic E-state index is 12.8. The van der Waals surface area contributed by atoms with E-state index >= 15 is 0 Å². The van der Waals surface area contributed by atoms with Crippen LogP contribution in [0.5, 0.6) is 5.75 Å². The summed E-state index contributed by atoms with van der Waals surface area (Å²) in [5.41, 5.74) is 6.55. The van der Waals surface area contributed by atoms with Crippen LogP contribution in [-0.4, -0.2) is 23.0 Å². The molecule has 0 unspecified atom stereocenters. The number of aryl methyl sites for hydroxylation is 1. The smallest absolute Gasteiger partial charge is 0.276 e. The van der Waals surface area contributed by atoms with Crippen LogP contribution in [0.25, 0.3) is 10.9 Å². The lowest BCUT2D eigenvalue weighted by Crippen LogP contribution is -2.45. The molecule has 0 aliphatic carbocycles. The Morgan fingerprint density at radius 2 is 1.73 bits per heavy atom. The van der Waals surface area contributed by atoms with Gasteiger partial charge in [0.05, 0.1) is 0 Å². The Morgan fingerprint density at radius 3 is 2.50 bits per heavy atom. The first-order valence-corrected chi connectivity index (χ1v) is 8.04. The van der Waals surface area contributed by atoms with E-state index in [9.17, 15) is 14.0 Å². The number of ether oxygens (including phenoxy) is 1. The predicted octanol–water partition coefficient (Wildman–Crippen LogP) is 2.32. The van der Waals surface area contributed by atoms with Gasteiger partial charge in [-0.05, 0) is 48.7 Å². The second-order valence-corrected chi connectivity index (χ2v) is 5.77. The van der Waals surface area contributed by atoms with Crippen LogP contribution < -0.4 is 15.6 Å². The summed E-state index contributed by atoms with van der Waals surface area (Å²) < 4.78 is 19.9. The number of nitrogens with zero attached hydrogens (tertiary/aromatic N) is 1. The number of hydrazine groups is 1. The second-order valence-electron chi connectivity index (χ2n) is 5.77. The average Bonchev–Trinajstić information content (AvgIpc) is 2.95. The molecule has 0 radical (unpaired) electrons. The van der Waals surface area contributed by atoms with Crippen molar-refractivity contribution in [2.24, 2.45) is 0 Å². The molecule has 2 amide bonds. The van der Waals surface area contributed by atoms with Crippen molar-refractivity contribution in [1.82, 2.24) is 15.4 Å². The molecule has 6 nitrogen and oxygen atoms in total. The SMILES string of the molecule is Cc1cc2ccccc2n1CC(=O)NNC(=O)COc1ccc(F)cc1. The average molecular weight is 355 g/mol. The number of nitrogens with one attached hydrogen (secondary N) is 2. The van der Waals surface area contributed by atoms with E-state index in [1.807, 2.05) is 41.8 Å². The Hall–Kier alpha value is -3.35. The molecule has 0 aliphatic heterocycles. The van der Waals surface area contributed by atoms with Gasteiger partial charge in [0.1, 0.15) is 18.1 Å². The summed E-state index contributed by atoms with van der Waals surface area (Å²) in [6.07, 6.45) is 0. The fourth-order valence-electron chi connectivity index (χ4n) is 2.60. The van der Waals surface area contributed by atoms with Gasteiger partial charge in [-0.25, -0.2) is 4.39 Å². The van der Waals surface area contributed by atoms with Crippen molar-refractivity contribution in [1.29, 1.82) is 0 Å². The number of carbonyl (C=O) groups is 2. The first-order valence-electron chi connectivity index (χ1n) is 8.04. The number of benzene rings is 2. The highest BCUT2D eigenvalue weighted by atomic mass is 19.1. The van der Waals surface area contributed by atoms with Crippen molar-refractivity contribution in [2.45, 2.75) is 13.5 Å². The molecule has 0 saturated heterocycles. The number of halogens is 1. The number of hydrogen-bond acceptors (Lipinski definition) is 3. The van der Waals surface area contributed by atoms with Crippen molar-refractivity contribution in [2.75, 3.05) is 6.61 Å². The summed E-state index contributed by atoms with van der Waals surface area (Å²) in [5.74, 6) is -0.898. The molecule has 2 N–H and O–H groups in total. The molecule has 0 aliphatic rings. The maximum atomic E-state index is 12.8. The lowest BCUT2D eigenvalue weighted by molar-refractivity contribution is -0.130. The molecule has 0 saturated carbocycles. The maximum Gasteiger partial charge on any atom is 0.276 e. The summed E-state index contributed by atoms with van der Waals surface area (Å²) in [6.45, 7) is 1.71. The van der Waals surface area contributed by atoms with E-state index in [2.05, 4.69) is 10.9 Å². The van der Waals surface area contributed by atoms with Gasteiger partial charge in [-0.3, -0.25) is 20.4 Å². The van der Waals surface area contributed by atoms with Crippen LogP contribution in [0.1, 0.15) is 5.69 Å². The van der Waals surface area contributed by atoms with Crippen molar-refractivity contribution in [3.63, 3.8) is 0 Å². The van der Waals surface area contributed by atoms with Gasteiger partial charge in [-0.15, -0.1) is 0 Å². The summed E-state index contributed by atoms with van der Waals surface area (Å²) in [7, 11) is 0. The van der Waals surface area contributed by atoms with Crippen molar-refractivity contribution >= 4 is 22.7 Å². The second kappa shape index (κ2) is 7.69. The number of amides is 2. The van der Waals surface area contributed by atoms with Crippen molar-refractivity contribution in [3.8, 4) is 5.75 Å². The van der Waals surface area contributed by atoms with Crippen molar-refractivity contribution < 1.29 is 18.7 Å². The topological polar surface area (TPSA) is 72.4 Å². The normalized spacial score (nSPS) is 10.5. The number of hydrogen-bond donors (Lipinski definition) is 2. The zero-order valence-corrected chi connectivity index (χ0v) is 14.2. The molecular weight excluding hydrogens is 337 g/mol. The fourth-order valence-corrected chi connectivity index (χ4v) is 2.60. The van der Waals surface area contributed by atoms with Crippen molar-refractivity contribution in [3.05, 3.63) is 66.1 Å². The zero-order valence-electron chi connectivity index (χ0n) is 14.2. The van der Waals surface area contributed by atoms with Crippen LogP contribution in [0.4, 0.5) is 4.39 Å². The lowest BCUT2D eigenvalue weighted by Gasteiger charge is -2.11. The number of aromatic nitrogens is 1. The molecule has 0 atom stereocenters. The first-order chi connectivity index (χ1) is 12.5. The minimum Gasteiger partial charge on any atom is -0.484 e. The van der Waals surface area contributed by atoms with E-state index in [1.54, 1.807) is 0 Å². The quantitative estimate of drug-likeness (QED) is 0.690. The molecule has 0 spiro atoms. The van der Waals surface area contributed by atoms with Gasteiger partial charge < -0.3 is 9.30 Å². The molecule has 3 aromatic rings. The summed E-state index contributed by atoms with van der Waals surface area (Å²) in [5, 5.41) is 1.05. The predicted molar refractivity (Wildman–Crippen MR) is 94.9 cm³/mol. The minimum atomic E-state index is -0.517. The van der Waals surface area contributed by atoms with Crippen LogP contribution in [0, 0.1) is 12.7 Å². The number of carbonyl (C=O) groups excluding carboxylic acids is 2. The molecule has 134 valence electrons. The highest BCUT2D eigenvalue weighted by Crippen LogP contribution is 2.18. The first kappa shape index (κ1) is 17.5. The van der Waals surface area contributed by atoms with Gasteiger partial charge in [-0.1, -0.05) is 18.2 Å². The summed E-state index contributed by atoms with van der Waals surface area (Å²) >= 11 is 0. The van der Waals surface area contributed by atoms with Gasteiger partial charge in [0.25, 0.3) is 11.8 Å². The largest absolute Gasteiger partial charge is 0.484 e. The van der Waals surface area contributed by atoms with Gasteiger partial charge >= 0.3 is 0 Å². The van der Waals surface area contributed by atoms with Crippen LogP contribution in [-0.2, 0) is 16.1 Å². The number of rotatable bonds is 5.